The van der Waals surface area contributed by atoms with E-state index < -0.39 is 10.8 Å². The van der Waals surface area contributed by atoms with Crippen LogP contribution >= 0.6 is 11.6 Å². The van der Waals surface area contributed by atoms with Gasteiger partial charge in [-0.15, -0.1) is 11.6 Å². The van der Waals surface area contributed by atoms with Crippen molar-refractivity contribution in [2.75, 3.05) is 6.61 Å². The molecule has 0 saturated heterocycles. The minimum atomic E-state index is -0.921. The molecule has 0 spiro atoms. The normalized spacial score (nSPS) is 15.6. The Hall–Kier alpha value is -0.280. The summed E-state index contributed by atoms with van der Waals surface area (Å²) in [7, 11) is 0. The smallest absolute Gasteiger partial charge is 0.238 e. The fourth-order valence-corrected chi connectivity index (χ4v) is 1.00. The molecule has 0 aliphatic rings. The van der Waals surface area contributed by atoms with E-state index in [-0.39, 0.29) is 6.61 Å². The molecule has 0 aromatic rings. The number of alkyl halides is 1. The molecule has 0 heterocycles. The molecule has 1 atom stereocenters. The van der Waals surface area contributed by atoms with Crippen LogP contribution in [0.4, 0.5) is 0 Å². The number of carbonyl (C=O) groups excluding carboxylic acids is 1. The molecule has 0 radical (unpaired) electrons. The topological polar surface area (TPSA) is 63.3 Å². The van der Waals surface area contributed by atoms with Gasteiger partial charge in [0.15, 0.2) is 0 Å². The first kappa shape index (κ1) is 11.7. The number of hydrogen-bond acceptors (Lipinski definition) is 2. The van der Waals surface area contributed by atoms with Crippen LogP contribution in [0, 0.1) is 0 Å². The molecule has 1 unspecified atom stereocenters. The van der Waals surface area contributed by atoms with Gasteiger partial charge in [-0.05, 0) is 19.8 Å². The molecule has 4 heteroatoms. The standard InChI is InChI=1S/C8H16ClNO2/c1-8(9,7(10)12)5-3-2-4-6-11/h11H,2-6H2,1H3,(H2,10,12). The SMILES string of the molecule is CC(Cl)(CCCCCO)C(N)=O. The quantitative estimate of drug-likeness (QED) is 0.489. The van der Waals surface area contributed by atoms with Gasteiger partial charge in [0.05, 0.1) is 0 Å². The molecule has 3 nitrogen and oxygen atoms in total. The molecule has 0 aliphatic heterocycles. The van der Waals surface area contributed by atoms with Crippen molar-refractivity contribution in [2.24, 2.45) is 5.73 Å². The number of primary amides is 1. The number of amides is 1. The number of aliphatic hydroxyl groups excluding tert-OH is 1. The third-order valence-corrected chi connectivity index (χ3v) is 2.19. The van der Waals surface area contributed by atoms with Crippen LogP contribution in [0.2, 0.25) is 0 Å². The van der Waals surface area contributed by atoms with Gasteiger partial charge in [0.2, 0.25) is 5.91 Å². The molecule has 0 fully saturated rings. The van der Waals surface area contributed by atoms with E-state index in [0.29, 0.717) is 6.42 Å². The highest BCUT2D eigenvalue weighted by atomic mass is 35.5. The third-order valence-electron chi connectivity index (χ3n) is 1.82. The summed E-state index contributed by atoms with van der Waals surface area (Å²) in [5, 5.41) is 8.48. The molecule has 0 saturated carbocycles. The van der Waals surface area contributed by atoms with Crippen molar-refractivity contribution in [1.82, 2.24) is 0 Å². The van der Waals surface area contributed by atoms with Gasteiger partial charge in [-0.3, -0.25) is 4.79 Å². The van der Waals surface area contributed by atoms with Gasteiger partial charge in [-0.25, -0.2) is 0 Å². The average Bonchev–Trinajstić information content (AvgIpc) is 1.98. The molecule has 0 aromatic carbocycles. The van der Waals surface area contributed by atoms with Gasteiger partial charge in [-0.1, -0.05) is 12.8 Å². The molecule has 0 bridgehead atoms. The van der Waals surface area contributed by atoms with E-state index in [4.69, 9.17) is 22.4 Å². The van der Waals surface area contributed by atoms with Crippen LogP contribution < -0.4 is 5.73 Å². The second-order valence-corrected chi connectivity index (χ2v) is 3.93. The molecule has 0 rings (SSSR count). The summed E-state index contributed by atoms with van der Waals surface area (Å²) < 4.78 is 0. The highest BCUT2D eigenvalue weighted by molar-refractivity contribution is 6.34. The Labute approximate surface area is 77.9 Å². The zero-order valence-corrected chi connectivity index (χ0v) is 8.10. The fourth-order valence-electron chi connectivity index (χ4n) is 0.869. The summed E-state index contributed by atoms with van der Waals surface area (Å²) in [5.41, 5.74) is 5.06. The van der Waals surface area contributed by atoms with Crippen LogP contribution in [-0.2, 0) is 4.79 Å². The molecule has 72 valence electrons. The van der Waals surface area contributed by atoms with Crippen molar-refractivity contribution >= 4 is 17.5 Å². The van der Waals surface area contributed by atoms with E-state index in [1.807, 2.05) is 0 Å². The molecule has 3 N–H and O–H groups in total. The lowest BCUT2D eigenvalue weighted by Crippen LogP contribution is -2.35. The van der Waals surface area contributed by atoms with Gasteiger partial charge in [0, 0.05) is 6.61 Å². The zero-order chi connectivity index (χ0) is 9.61. The first-order valence-corrected chi connectivity index (χ1v) is 4.48. The minimum absolute atomic E-state index is 0.190. The van der Waals surface area contributed by atoms with Gasteiger partial charge in [0.25, 0.3) is 0 Å². The largest absolute Gasteiger partial charge is 0.396 e. The summed E-state index contributed by atoms with van der Waals surface area (Å²) in [6, 6.07) is 0. The molecule has 12 heavy (non-hydrogen) atoms. The van der Waals surface area contributed by atoms with Crippen LogP contribution in [-0.4, -0.2) is 22.5 Å². The van der Waals surface area contributed by atoms with Crippen molar-refractivity contribution in [3.8, 4) is 0 Å². The summed E-state index contributed by atoms with van der Waals surface area (Å²) in [6.07, 6.45) is 3.03. The van der Waals surface area contributed by atoms with Gasteiger partial charge >= 0.3 is 0 Å². The first-order valence-electron chi connectivity index (χ1n) is 4.10. The van der Waals surface area contributed by atoms with E-state index in [9.17, 15) is 4.79 Å². The molecule has 0 aromatic heterocycles. The maximum absolute atomic E-state index is 10.7. The predicted octanol–water partition coefficient (Wildman–Crippen LogP) is 1.02. The average molecular weight is 194 g/mol. The third kappa shape index (κ3) is 4.57. The highest BCUT2D eigenvalue weighted by Gasteiger charge is 2.26. The van der Waals surface area contributed by atoms with Crippen molar-refractivity contribution in [3.05, 3.63) is 0 Å². The zero-order valence-electron chi connectivity index (χ0n) is 7.35. The van der Waals surface area contributed by atoms with Crippen molar-refractivity contribution < 1.29 is 9.90 Å². The van der Waals surface area contributed by atoms with Gasteiger partial charge < -0.3 is 10.8 Å². The van der Waals surface area contributed by atoms with Crippen molar-refractivity contribution in [2.45, 2.75) is 37.5 Å². The number of aliphatic hydroxyl groups is 1. The number of rotatable bonds is 6. The Morgan fingerprint density at radius 3 is 2.50 bits per heavy atom. The Kier molecular flexibility index (Phi) is 5.25. The summed E-state index contributed by atoms with van der Waals surface area (Å²) in [5.74, 6) is -0.479. The maximum Gasteiger partial charge on any atom is 0.238 e. The lowest BCUT2D eigenvalue weighted by molar-refractivity contribution is -0.120. The number of halogens is 1. The fraction of sp³-hybridized carbons (Fsp3) is 0.875. The lowest BCUT2D eigenvalue weighted by atomic mass is 10.0. The van der Waals surface area contributed by atoms with Crippen LogP contribution in [0.1, 0.15) is 32.6 Å². The Balaban J connectivity index is 3.54. The maximum atomic E-state index is 10.7. The number of carbonyl (C=O) groups is 1. The highest BCUT2D eigenvalue weighted by Crippen LogP contribution is 2.21. The summed E-state index contributed by atoms with van der Waals surface area (Å²) >= 11 is 5.81. The minimum Gasteiger partial charge on any atom is -0.396 e. The van der Waals surface area contributed by atoms with Crippen LogP contribution in [0.3, 0.4) is 0 Å². The lowest BCUT2D eigenvalue weighted by Gasteiger charge is -2.16. The second kappa shape index (κ2) is 5.38. The number of hydrogen-bond donors (Lipinski definition) is 2. The van der Waals surface area contributed by atoms with E-state index in [1.165, 1.54) is 0 Å². The van der Waals surface area contributed by atoms with Gasteiger partial charge in [-0.2, -0.15) is 0 Å². The second-order valence-electron chi connectivity index (χ2n) is 3.10. The molecular weight excluding hydrogens is 178 g/mol. The van der Waals surface area contributed by atoms with Crippen molar-refractivity contribution in [1.29, 1.82) is 0 Å². The summed E-state index contributed by atoms with van der Waals surface area (Å²) in [4.78, 5) is 9.80. The van der Waals surface area contributed by atoms with E-state index in [2.05, 4.69) is 0 Å². The number of unbranched alkanes of at least 4 members (excludes halogenated alkanes) is 2. The molecule has 0 aliphatic carbocycles. The van der Waals surface area contributed by atoms with Crippen LogP contribution in [0.25, 0.3) is 0 Å². The van der Waals surface area contributed by atoms with Crippen molar-refractivity contribution in [3.63, 3.8) is 0 Å². The Morgan fingerprint density at radius 1 is 1.50 bits per heavy atom. The number of nitrogens with two attached hydrogens (primary N) is 1. The van der Waals surface area contributed by atoms with Gasteiger partial charge in [0.1, 0.15) is 4.87 Å². The Bertz CT molecular complexity index is 148. The summed E-state index contributed by atoms with van der Waals surface area (Å²) in [6.45, 7) is 1.81. The Morgan fingerprint density at radius 2 is 2.08 bits per heavy atom. The predicted molar refractivity (Wildman–Crippen MR) is 49.0 cm³/mol. The van der Waals surface area contributed by atoms with E-state index >= 15 is 0 Å². The first-order chi connectivity index (χ1) is 5.50. The van der Waals surface area contributed by atoms with E-state index in [1.54, 1.807) is 6.92 Å². The van der Waals surface area contributed by atoms with E-state index in [0.717, 1.165) is 19.3 Å². The molecular formula is C8H16ClNO2. The van der Waals surface area contributed by atoms with Crippen LogP contribution in [0.5, 0.6) is 0 Å². The monoisotopic (exact) mass is 193 g/mol. The van der Waals surface area contributed by atoms with Crippen LogP contribution in [0.15, 0.2) is 0 Å². The molecule has 1 amide bonds.